The molecule has 1 aromatic carbocycles. The lowest BCUT2D eigenvalue weighted by Crippen LogP contribution is -2.22. The lowest BCUT2D eigenvalue weighted by Gasteiger charge is -2.19. The van der Waals surface area contributed by atoms with E-state index in [1.54, 1.807) is 19.1 Å². The molecular weight excluding hydrogens is 273 g/mol. The predicted molar refractivity (Wildman–Crippen MR) is 76.8 cm³/mol. The highest BCUT2D eigenvalue weighted by Gasteiger charge is 2.17. The van der Waals surface area contributed by atoms with Crippen LogP contribution < -0.4 is 5.32 Å². The van der Waals surface area contributed by atoms with E-state index in [4.69, 9.17) is 9.52 Å². The molecule has 0 amide bonds. The largest absolute Gasteiger partial charge is 0.475 e. The number of carbonyl (C=O) groups is 1. The molecule has 0 saturated carbocycles. The maximum atomic E-state index is 13.6. The summed E-state index contributed by atoms with van der Waals surface area (Å²) in [5.74, 6) is -0.887. The molecule has 4 nitrogen and oxygen atoms in total. The van der Waals surface area contributed by atoms with E-state index in [0.29, 0.717) is 11.3 Å². The van der Waals surface area contributed by atoms with Crippen molar-refractivity contribution in [3.05, 3.63) is 58.8 Å². The van der Waals surface area contributed by atoms with Gasteiger partial charge in [0, 0.05) is 6.04 Å². The third-order valence-electron chi connectivity index (χ3n) is 3.46. The van der Waals surface area contributed by atoms with Crippen LogP contribution in [0.2, 0.25) is 0 Å². The molecule has 2 aromatic rings. The minimum Gasteiger partial charge on any atom is -0.475 e. The third-order valence-corrected chi connectivity index (χ3v) is 3.46. The van der Waals surface area contributed by atoms with Gasteiger partial charge in [0.05, 0.1) is 6.04 Å². The molecule has 1 aromatic heterocycles. The van der Waals surface area contributed by atoms with Gasteiger partial charge in [0.25, 0.3) is 0 Å². The monoisotopic (exact) mass is 291 g/mol. The average Bonchev–Trinajstić information content (AvgIpc) is 2.91. The van der Waals surface area contributed by atoms with Gasteiger partial charge in [-0.3, -0.25) is 0 Å². The lowest BCUT2D eigenvalue weighted by atomic mass is 10.0. The number of furan rings is 1. The number of hydrogen-bond donors (Lipinski definition) is 2. The first kappa shape index (κ1) is 15.3. The lowest BCUT2D eigenvalue weighted by molar-refractivity contribution is 0.0659. The molecule has 2 N–H and O–H groups in total. The van der Waals surface area contributed by atoms with Gasteiger partial charge in [-0.2, -0.15) is 0 Å². The van der Waals surface area contributed by atoms with E-state index in [1.165, 1.54) is 12.1 Å². The smallest absolute Gasteiger partial charge is 0.371 e. The van der Waals surface area contributed by atoms with Gasteiger partial charge in [-0.1, -0.05) is 12.1 Å². The number of halogens is 1. The van der Waals surface area contributed by atoms with E-state index >= 15 is 0 Å². The molecule has 2 atom stereocenters. The molecule has 0 aliphatic heterocycles. The van der Waals surface area contributed by atoms with Crippen molar-refractivity contribution in [3.8, 4) is 0 Å². The van der Waals surface area contributed by atoms with Crippen LogP contribution in [0.3, 0.4) is 0 Å². The Morgan fingerprint density at radius 2 is 1.95 bits per heavy atom. The van der Waals surface area contributed by atoms with Crippen molar-refractivity contribution in [1.29, 1.82) is 0 Å². The van der Waals surface area contributed by atoms with Gasteiger partial charge >= 0.3 is 5.97 Å². The molecule has 112 valence electrons. The molecule has 1 heterocycles. The number of carboxylic acid groups (broad SMARTS) is 1. The minimum atomic E-state index is -1.10. The molecule has 0 aliphatic carbocycles. The highest BCUT2D eigenvalue weighted by atomic mass is 19.1. The fraction of sp³-hybridized carbons (Fsp3) is 0.312. The Bertz CT molecular complexity index is 651. The van der Waals surface area contributed by atoms with Crippen molar-refractivity contribution in [2.75, 3.05) is 0 Å². The quantitative estimate of drug-likeness (QED) is 0.878. The summed E-state index contributed by atoms with van der Waals surface area (Å²) >= 11 is 0. The molecular formula is C16H18FNO3. The van der Waals surface area contributed by atoms with Gasteiger partial charge in [-0.05, 0) is 50.1 Å². The maximum absolute atomic E-state index is 13.6. The normalized spacial score (nSPS) is 13.9. The maximum Gasteiger partial charge on any atom is 0.371 e. The number of hydrogen-bond acceptors (Lipinski definition) is 3. The number of benzene rings is 1. The minimum absolute atomic E-state index is 0.0894. The molecule has 0 aliphatic rings. The Hall–Kier alpha value is -2.14. The zero-order valence-corrected chi connectivity index (χ0v) is 12.2. The van der Waals surface area contributed by atoms with Crippen LogP contribution in [0.5, 0.6) is 0 Å². The third kappa shape index (κ3) is 3.49. The summed E-state index contributed by atoms with van der Waals surface area (Å²) in [4.78, 5) is 10.8. The van der Waals surface area contributed by atoms with Gasteiger partial charge in [0.2, 0.25) is 5.76 Å². The van der Waals surface area contributed by atoms with Gasteiger partial charge in [0.1, 0.15) is 11.6 Å². The summed E-state index contributed by atoms with van der Waals surface area (Å²) in [5.41, 5.74) is 1.44. The summed E-state index contributed by atoms with van der Waals surface area (Å²) in [6.45, 7) is 5.50. The first-order valence-corrected chi connectivity index (χ1v) is 6.73. The van der Waals surface area contributed by atoms with Crippen LogP contribution in [0.15, 0.2) is 34.7 Å². The molecule has 0 saturated heterocycles. The van der Waals surface area contributed by atoms with Crippen molar-refractivity contribution in [3.63, 3.8) is 0 Å². The average molecular weight is 291 g/mol. The van der Waals surface area contributed by atoms with Crippen molar-refractivity contribution in [1.82, 2.24) is 5.32 Å². The van der Waals surface area contributed by atoms with Crippen LogP contribution in [0, 0.1) is 12.7 Å². The molecule has 5 heteroatoms. The highest BCUT2D eigenvalue weighted by Crippen LogP contribution is 2.22. The Morgan fingerprint density at radius 3 is 2.52 bits per heavy atom. The molecule has 21 heavy (non-hydrogen) atoms. The van der Waals surface area contributed by atoms with Crippen molar-refractivity contribution in [2.24, 2.45) is 0 Å². The first-order chi connectivity index (χ1) is 9.88. The molecule has 2 rings (SSSR count). The SMILES string of the molecule is Cc1ccc(C(C)NC(C)c2ccc(C(=O)O)o2)cc1F. The van der Waals surface area contributed by atoms with Crippen LogP contribution >= 0.6 is 0 Å². The summed E-state index contributed by atoms with van der Waals surface area (Å²) in [5, 5.41) is 12.1. The second-order valence-corrected chi connectivity index (χ2v) is 5.13. The fourth-order valence-electron chi connectivity index (χ4n) is 2.13. The van der Waals surface area contributed by atoms with Gasteiger partial charge in [-0.25, -0.2) is 9.18 Å². The first-order valence-electron chi connectivity index (χ1n) is 6.73. The second-order valence-electron chi connectivity index (χ2n) is 5.13. The van der Waals surface area contributed by atoms with Crippen molar-refractivity contribution in [2.45, 2.75) is 32.9 Å². The van der Waals surface area contributed by atoms with Crippen LogP contribution in [0.1, 0.15) is 53.4 Å². The van der Waals surface area contributed by atoms with E-state index in [9.17, 15) is 9.18 Å². The van der Waals surface area contributed by atoms with Crippen LogP contribution in [-0.2, 0) is 0 Å². The number of aromatic carboxylic acids is 1. The van der Waals surface area contributed by atoms with Gasteiger partial charge in [0.15, 0.2) is 0 Å². The van der Waals surface area contributed by atoms with Crippen LogP contribution in [-0.4, -0.2) is 11.1 Å². The van der Waals surface area contributed by atoms with Crippen LogP contribution in [0.4, 0.5) is 4.39 Å². The predicted octanol–water partition coefficient (Wildman–Crippen LogP) is 3.84. The van der Waals surface area contributed by atoms with Gasteiger partial charge in [-0.15, -0.1) is 0 Å². The summed E-state index contributed by atoms with van der Waals surface area (Å²) < 4.78 is 18.8. The number of aryl methyl sites for hydroxylation is 1. The summed E-state index contributed by atoms with van der Waals surface area (Å²) in [6.07, 6.45) is 0. The molecule has 0 spiro atoms. The molecule has 0 radical (unpaired) electrons. The van der Waals surface area contributed by atoms with E-state index in [0.717, 1.165) is 5.56 Å². The summed E-state index contributed by atoms with van der Waals surface area (Å²) in [6, 6.07) is 7.89. The Balaban J connectivity index is 2.08. The number of nitrogens with one attached hydrogen (secondary N) is 1. The fourth-order valence-corrected chi connectivity index (χ4v) is 2.13. The molecule has 0 fully saturated rings. The Kier molecular flexibility index (Phi) is 4.43. The van der Waals surface area contributed by atoms with Crippen molar-refractivity contribution < 1.29 is 18.7 Å². The van der Waals surface area contributed by atoms with Crippen LogP contribution in [0.25, 0.3) is 0 Å². The standard InChI is InChI=1S/C16H18FNO3/c1-9-4-5-12(8-13(9)17)10(2)18-11(3)14-6-7-15(21-14)16(19)20/h4-8,10-11,18H,1-3H3,(H,19,20). The second kappa shape index (κ2) is 6.10. The van der Waals surface area contributed by atoms with E-state index < -0.39 is 5.97 Å². The van der Waals surface area contributed by atoms with Crippen molar-refractivity contribution >= 4 is 5.97 Å². The van der Waals surface area contributed by atoms with E-state index in [-0.39, 0.29) is 23.7 Å². The highest BCUT2D eigenvalue weighted by molar-refractivity contribution is 5.84. The zero-order chi connectivity index (χ0) is 15.6. The zero-order valence-electron chi connectivity index (χ0n) is 12.2. The topological polar surface area (TPSA) is 62.5 Å². The molecule has 2 unspecified atom stereocenters. The number of carboxylic acids is 1. The Morgan fingerprint density at radius 1 is 1.24 bits per heavy atom. The van der Waals surface area contributed by atoms with E-state index in [1.807, 2.05) is 19.9 Å². The molecule has 0 bridgehead atoms. The van der Waals surface area contributed by atoms with Gasteiger partial charge < -0.3 is 14.8 Å². The Labute approximate surface area is 122 Å². The summed E-state index contributed by atoms with van der Waals surface area (Å²) in [7, 11) is 0. The van der Waals surface area contributed by atoms with E-state index in [2.05, 4.69) is 5.32 Å². The number of rotatable bonds is 5.